The third-order valence-corrected chi connectivity index (χ3v) is 2.83. The number of hydrogen-bond donors (Lipinski definition) is 1. The largest absolute Gasteiger partial charge is 0.478 e. The number of aliphatic carboxylic acids is 1. The molecule has 0 aliphatic rings. The summed E-state index contributed by atoms with van der Waals surface area (Å²) in [5.41, 5.74) is 1.60. The van der Waals surface area contributed by atoms with E-state index in [2.05, 4.69) is 0 Å². The van der Waals surface area contributed by atoms with Gasteiger partial charge in [-0.1, -0.05) is 6.92 Å². The summed E-state index contributed by atoms with van der Waals surface area (Å²) in [5, 5.41) is 10.8. The molecule has 0 spiro atoms. The lowest BCUT2D eigenvalue weighted by molar-refractivity contribution is -0.132. The summed E-state index contributed by atoms with van der Waals surface area (Å²) < 4.78 is 0. The van der Waals surface area contributed by atoms with Gasteiger partial charge in [-0.2, -0.15) is 0 Å². The first-order chi connectivity index (χ1) is 6.15. The number of carboxylic acid groups (broad SMARTS) is 1. The van der Waals surface area contributed by atoms with Crippen molar-refractivity contribution in [3.63, 3.8) is 0 Å². The Morgan fingerprint density at radius 3 is 2.77 bits per heavy atom. The van der Waals surface area contributed by atoms with Crippen molar-refractivity contribution in [1.82, 2.24) is 0 Å². The Morgan fingerprint density at radius 1 is 1.69 bits per heavy atom. The van der Waals surface area contributed by atoms with Gasteiger partial charge in [0.1, 0.15) is 0 Å². The molecule has 1 aromatic rings. The van der Waals surface area contributed by atoms with E-state index in [0.717, 1.165) is 10.4 Å². The maximum atomic E-state index is 10.7. The molecule has 3 heteroatoms. The zero-order valence-corrected chi connectivity index (χ0v) is 8.52. The number of rotatable bonds is 3. The zero-order chi connectivity index (χ0) is 9.84. The minimum absolute atomic E-state index is 0.463. The average Bonchev–Trinajstić information content (AvgIpc) is 2.46. The third kappa shape index (κ3) is 2.42. The van der Waals surface area contributed by atoms with E-state index in [1.165, 1.54) is 0 Å². The van der Waals surface area contributed by atoms with E-state index in [4.69, 9.17) is 5.11 Å². The second kappa shape index (κ2) is 4.23. The van der Waals surface area contributed by atoms with E-state index in [0.29, 0.717) is 12.0 Å². The minimum Gasteiger partial charge on any atom is -0.478 e. The van der Waals surface area contributed by atoms with Crippen LogP contribution in [-0.2, 0) is 4.79 Å². The Labute approximate surface area is 81.5 Å². The fourth-order valence-corrected chi connectivity index (χ4v) is 1.89. The van der Waals surface area contributed by atoms with E-state index >= 15 is 0 Å². The molecule has 13 heavy (non-hydrogen) atoms. The van der Waals surface area contributed by atoms with Gasteiger partial charge in [-0.3, -0.25) is 0 Å². The van der Waals surface area contributed by atoms with Gasteiger partial charge in [-0.05, 0) is 36.4 Å². The molecule has 0 fully saturated rings. The fourth-order valence-electron chi connectivity index (χ4n) is 1.01. The molecule has 0 unspecified atom stereocenters. The molecular weight excluding hydrogens is 184 g/mol. The van der Waals surface area contributed by atoms with Crippen LogP contribution in [0.5, 0.6) is 0 Å². The summed E-state index contributed by atoms with van der Waals surface area (Å²) in [6, 6.07) is 1.99. The molecule has 1 N–H and O–H groups in total. The summed E-state index contributed by atoms with van der Waals surface area (Å²) in [6.45, 7) is 3.83. The Bertz CT molecular complexity index is 336. The Morgan fingerprint density at radius 2 is 2.38 bits per heavy atom. The standard InChI is InChI=1S/C10H12O2S/c1-3-8(10(11)12)6-9-7(2)4-5-13-9/h4-6H,3H2,1-2H3,(H,11,12)/b8-6+. The average molecular weight is 196 g/mol. The van der Waals surface area contributed by atoms with Crippen LogP contribution in [0, 0.1) is 6.92 Å². The van der Waals surface area contributed by atoms with Crippen LogP contribution >= 0.6 is 11.3 Å². The summed E-state index contributed by atoms with van der Waals surface area (Å²) in [4.78, 5) is 11.7. The molecule has 0 aliphatic carbocycles. The number of carbonyl (C=O) groups is 1. The predicted octanol–water partition coefficient (Wildman–Crippen LogP) is 2.93. The van der Waals surface area contributed by atoms with Crippen molar-refractivity contribution >= 4 is 23.4 Å². The van der Waals surface area contributed by atoms with Crippen LogP contribution in [0.4, 0.5) is 0 Å². The highest BCUT2D eigenvalue weighted by Gasteiger charge is 2.05. The lowest BCUT2D eigenvalue weighted by Gasteiger charge is -1.96. The van der Waals surface area contributed by atoms with Gasteiger partial charge < -0.3 is 5.11 Å². The Kier molecular flexibility index (Phi) is 3.25. The van der Waals surface area contributed by atoms with Crippen molar-refractivity contribution < 1.29 is 9.90 Å². The lowest BCUT2D eigenvalue weighted by Crippen LogP contribution is -1.98. The highest BCUT2D eigenvalue weighted by atomic mass is 32.1. The maximum absolute atomic E-state index is 10.7. The van der Waals surface area contributed by atoms with E-state index in [1.54, 1.807) is 17.4 Å². The molecule has 0 atom stereocenters. The molecule has 1 heterocycles. The number of carboxylic acids is 1. The van der Waals surface area contributed by atoms with Gasteiger partial charge in [-0.15, -0.1) is 11.3 Å². The van der Waals surface area contributed by atoms with E-state index < -0.39 is 5.97 Å². The molecule has 70 valence electrons. The molecule has 0 radical (unpaired) electrons. The third-order valence-electron chi connectivity index (χ3n) is 1.86. The van der Waals surface area contributed by atoms with Crippen LogP contribution in [-0.4, -0.2) is 11.1 Å². The van der Waals surface area contributed by atoms with E-state index in [-0.39, 0.29) is 0 Å². The molecule has 0 amide bonds. The normalized spacial score (nSPS) is 11.7. The maximum Gasteiger partial charge on any atom is 0.331 e. The number of thiophene rings is 1. The highest BCUT2D eigenvalue weighted by Crippen LogP contribution is 2.20. The fraction of sp³-hybridized carbons (Fsp3) is 0.300. The van der Waals surface area contributed by atoms with Crippen LogP contribution in [0.25, 0.3) is 6.08 Å². The van der Waals surface area contributed by atoms with Crippen LogP contribution in [0.1, 0.15) is 23.8 Å². The molecule has 2 nitrogen and oxygen atoms in total. The molecule has 0 aromatic carbocycles. The molecule has 1 rings (SSSR count). The second-order valence-corrected chi connectivity index (χ2v) is 3.74. The topological polar surface area (TPSA) is 37.3 Å². The van der Waals surface area contributed by atoms with Gasteiger partial charge in [0.2, 0.25) is 0 Å². The molecule has 0 aliphatic heterocycles. The van der Waals surface area contributed by atoms with Gasteiger partial charge in [0, 0.05) is 10.5 Å². The van der Waals surface area contributed by atoms with Crippen molar-refractivity contribution in [3.8, 4) is 0 Å². The monoisotopic (exact) mass is 196 g/mol. The summed E-state index contributed by atoms with van der Waals surface area (Å²) >= 11 is 1.57. The SMILES string of the molecule is CC/C(=C\c1sccc1C)C(=O)O. The lowest BCUT2D eigenvalue weighted by atomic mass is 10.1. The van der Waals surface area contributed by atoms with Crippen molar-refractivity contribution in [3.05, 3.63) is 27.5 Å². The van der Waals surface area contributed by atoms with Crippen LogP contribution < -0.4 is 0 Å². The molecule has 0 saturated heterocycles. The van der Waals surface area contributed by atoms with Crippen molar-refractivity contribution in [2.24, 2.45) is 0 Å². The molecule has 0 bridgehead atoms. The predicted molar refractivity (Wildman–Crippen MR) is 55.0 cm³/mol. The molecule has 1 aromatic heterocycles. The zero-order valence-electron chi connectivity index (χ0n) is 7.70. The summed E-state index contributed by atoms with van der Waals surface area (Å²) in [6.07, 6.45) is 2.31. The van der Waals surface area contributed by atoms with Gasteiger partial charge in [-0.25, -0.2) is 4.79 Å². The number of hydrogen-bond acceptors (Lipinski definition) is 2. The van der Waals surface area contributed by atoms with Crippen molar-refractivity contribution in [2.75, 3.05) is 0 Å². The number of aryl methyl sites for hydroxylation is 1. The van der Waals surface area contributed by atoms with E-state index in [9.17, 15) is 4.79 Å². The van der Waals surface area contributed by atoms with Crippen LogP contribution in [0.3, 0.4) is 0 Å². The van der Waals surface area contributed by atoms with Gasteiger partial charge >= 0.3 is 5.97 Å². The van der Waals surface area contributed by atoms with Crippen LogP contribution in [0.15, 0.2) is 17.0 Å². The van der Waals surface area contributed by atoms with Crippen LogP contribution in [0.2, 0.25) is 0 Å². The summed E-state index contributed by atoms with van der Waals surface area (Å²) in [5.74, 6) is -0.824. The molecule has 0 saturated carbocycles. The quantitative estimate of drug-likeness (QED) is 0.755. The van der Waals surface area contributed by atoms with Crippen molar-refractivity contribution in [2.45, 2.75) is 20.3 Å². The van der Waals surface area contributed by atoms with Gasteiger partial charge in [0.15, 0.2) is 0 Å². The molecular formula is C10H12O2S. The van der Waals surface area contributed by atoms with Crippen molar-refractivity contribution in [1.29, 1.82) is 0 Å². The van der Waals surface area contributed by atoms with E-state index in [1.807, 2.05) is 25.3 Å². The Balaban J connectivity index is 2.98. The highest BCUT2D eigenvalue weighted by molar-refractivity contribution is 7.11. The minimum atomic E-state index is -0.824. The first kappa shape index (κ1) is 9.99. The second-order valence-electron chi connectivity index (χ2n) is 2.80. The first-order valence-corrected chi connectivity index (χ1v) is 5.01. The summed E-state index contributed by atoms with van der Waals surface area (Å²) in [7, 11) is 0. The first-order valence-electron chi connectivity index (χ1n) is 4.13. The van der Waals surface area contributed by atoms with Gasteiger partial charge in [0.25, 0.3) is 0 Å². The van der Waals surface area contributed by atoms with Gasteiger partial charge in [0.05, 0.1) is 0 Å². The smallest absolute Gasteiger partial charge is 0.331 e. The Hall–Kier alpha value is -1.09.